The Morgan fingerprint density at radius 1 is 1.17 bits per heavy atom. The topological polar surface area (TPSA) is 105 Å². The van der Waals surface area contributed by atoms with Gasteiger partial charge in [0.25, 0.3) is 11.3 Å². The standard InChI is InChI=1S/C20H17ClN6O2S/c1-12-6-8-13(9-7-12)10-16-18(29)23-19-24-25-20(27(19)26-16)30-11-17(28)22-15-5-3-2-4-14(15)21/h2-9H,10-11H2,1H3,(H,22,28)(H,23,24,29). The highest BCUT2D eigenvalue weighted by molar-refractivity contribution is 7.99. The number of benzene rings is 2. The van der Waals surface area contributed by atoms with Crippen LogP contribution in [0.5, 0.6) is 0 Å². The van der Waals surface area contributed by atoms with E-state index in [1.54, 1.807) is 24.3 Å². The minimum absolute atomic E-state index is 0.0835. The number of hydrogen-bond acceptors (Lipinski definition) is 6. The number of thioether (sulfide) groups is 1. The van der Waals surface area contributed by atoms with Crippen LogP contribution >= 0.6 is 23.4 Å². The quantitative estimate of drug-likeness (QED) is 0.446. The van der Waals surface area contributed by atoms with E-state index in [9.17, 15) is 9.59 Å². The fourth-order valence-corrected chi connectivity index (χ4v) is 3.62. The minimum atomic E-state index is -0.316. The van der Waals surface area contributed by atoms with Gasteiger partial charge in [0.1, 0.15) is 5.69 Å². The molecule has 0 aliphatic heterocycles. The number of carbonyl (C=O) groups excluding carboxylic acids is 1. The molecule has 0 aliphatic carbocycles. The number of para-hydroxylation sites is 1. The number of rotatable bonds is 6. The van der Waals surface area contributed by atoms with E-state index in [1.165, 1.54) is 4.52 Å². The second kappa shape index (κ2) is 8.68. The van der Waals surface area contributed by atoms with E-state index in [-0.39, 0.29) is 23.0 Å². The van der Waals surface area contributed by atoms with Crippen LogP contribution in [0.25, 0.3) is 5.78 Å². The van der Waals surface area contributed by atoms with Gasteiger partial charge in [0, 0.05) is 6.42 Å². The number of nitrogens with zero attached hydrogens (tertiary/aromatic N) is 4. The van der Waals surface area contributed by atoms with E-state index in [4.69, 9.17) is 11.6 Å². The Morgan fingerprint density at radius 3 is 2.70 bits per heavy atom. The molecular formula is C20H17ClN6O2S. The minimum Gasteiger partial charge on any atom is -0.324 e. The van der Waals surface area contributed by atoms with Crippen molar-refractivity contribution in [3.05, 3.63) is 80.7 Å². The predicted octanol–water partition coefficient (Wildman–Crippen LogP) is 3.10. The summed E-state index contributed by atoms with van der Waals surface area (Å²) >= 11 is 7.22. The van der Waals surface area contributed by atoms with Crippen molar-refractivity contribution in [2.45, 2.75) is 18.5 Å². The molecule has 0 saturated carbocycles. The van der Waals surface area contributed by atoms with Crippen molar-refractivity contribution in [2.24, 2.45) is 0 Å². The number of aromatic nitrogens is 5. The van der Waals surface area contributed by atoms with Crippen molar-refractivity contribution in [3.8, 4) is 0 Å². The number of amides is 1. The highest BCUT2D eigenvalue weighted by atomic mass is 35.5. The number of hydrogen-bond donors (Lipinski definition) is 2. The van der Waals surface area contributed by atoms with Crippen LogP contribution < -0.4 is 10.9 Å². The van der Waals surface area contributed by atoms with Gasteiger partial charge in [0.15, 0.2) is 0 Å². The van der Waals surface area contributed by atoms with Gasteiger partial charge in [-0.3, -0.25) is 14.6 Å². The van der Waals surface area contributed by atoms with Crippen LogP contribution in [0, 0.1) is 6.92 Å². The Bertz CT molecular complexity index is 1270. The van der Waals surface area contributed by atoms with Gasteiger partial charge >= 0.3 is 0 Å². The van der Waals surface area contributed by atoms with Gasteiger partial charge in [-0.15, -0.1) is 10.2 Å². The third-order valence-electron chi connectivity index (χ3n) is 4.29. The Balaban J connectivity index is 1.50. The van der Waals surface area contributed by atoms with Gasteiger partial charge in [-0.2, -0.15) is 9.61 Å². The molecule has 0 spiro atoms. The van der Waals surface area contributed by atoms with Crippen molar-refractivity contribution in [3.63, 3.8) is 0 Å². The number of aromatic amines is 1. The average Bonchev–Trinajstić information content (AvgIpc) is 3.11. The zero-order chi connectivity index (χ0) is 21.1. The van der Waals surface area contributed by atoms with E-state index < -0.39 is 0 Å². The Morgan fingerprint density at radius 2 is 1.93 bits per heavy atom. The summed E-state index contributed by atoms with van der Waals surface area (Å²) in [6, 6.07) is 14.9. The Hall–Kier alpha value is -3.17. The summed E-state index contributed by atoms with van der Waals surface area (Å²) in [4.78, 5) is 27.3. The summed E-state index contributed by atoms with van der Waals surface area (Å²) in [6.45, 7) is 2.00. The summed E-state index contributed by atoms with van der Waals surface area (Å²) in [5.74, 6) is 0.0657. The van der Waals surface area contributed by atoms with Crippen molar-refractivity contribution in [1.29, 1.82) is 0 Å². The van der Waals surface area contributed by atoms with E-state index in [1.807, 2.05) is 31.2 Å². The molecule has 2 aromatic carbocycles. The first kappa shape index (κ1) is 20.1. The lowest BCUT2D eigenvalue weighted by molar-refractivity contribution is -0.113. The Kier molecular flexibility index (Phi) is 5.82. The van der Waals surface area contributed by atoms with E-state index in [2.05, 4.69) is 25.6 Å². The number of aryl methyl sites for hydroxylation is 1. The zero-order valence-corrected chi connectivity index (χ0v) is 17.5. The van der Waals surface area contributed by atoms with Gasteiger partial charge < -0.3 is 5.32 Å². The van der Waals surface area contributed by atoms with Crippen molar-refractivity contribution in [1.82, 2.24) is 24.8 Å². The highest BCUT2D eigenvalue weighted by Crippen LogP contribution is 2.21. The molecule has 8 nitrogen and oxygen atoms in total. The molecule has 0 aliphatic rings. The molecule has 4 rings (SSSR count). The molecule has 1 amide bonds. The molecule has 0 atom stereocenters. The van der Waals surface area contributed by atoms with Gasteiger partial charge in [-0.1, -0.05) is 65.3 Å². The smallest absolute Gasteiger partial charge is 0.274 e. The molecule has 10 heteroatoms. The first-order chi connectivity index (χ1) is 14.5. The fourth-order valence-electron chi connectivity index (χ4n) is 2.76. The van der Waals surface area contributed by atoms with Gasteiger partial charge in [0.05, 0.1) is 16.5 Å². The molecule has 4 aromatic rings. The van der Waals surface area contributed by atoms with Gasteiger partial charge in [0.2, 0.25) is 11.1 Å². The third kappa shape index (κ3) is 4.52. The van der Waals surface area contributed by atoms with Gasteiger partial charge in [-0.05, 0) is 24.6 Å². The monoisotopic (exact) mass is 440 g/mol. The number of H-pyrrole nitrogens is 1. The molecule has 2 aromatic heterocycles. The van der Waals surface area contributed by atoms with E-state index in [0.29, 0.717) is 28.0 Å². The number of halogens is 1. The summed E-state index contributed by atoms with van der Waals surface area (Å²) < 4.78 is 1.44. The summed E-state index contributed by atoms with van der Waals surface area (Å²) in [6.07, 6.45) is 0.376. The molecule has 0 radical (unpaired) electrons. The van der Waals surface area contributed by atoms with Crippen LogP contribution in [0.2, 0.25) is 5.02 Å². The van der Waals surface area contributed by atoms with Gasteiger partial charge in [-0.25, -0.2) is 0 Å². The zero-order valence-electron chi connectivity index (χ0n) is 15.9. The molecule has 0 saturated heterocycles. The van der Waals surface area contributed by atoms with E-state index >= 15 is 0 Å². The first-order valence-corrected chi connectivity index (χ1v) is 10.4. The summed E-state index contributed by atoms with van der Waals surface area (Å²) in [5.41, 5.74) is 2.68. The summed E-state index contributed by atoms with van der Waals surface area (Å²) in [7, 11) is 0. The second-order valence-corrected chi connectivity index (χ2v) is 7.95. The van der Waals surface area contributed by atoms with Crippen molar-refractivity contribution < 1.29 is 4.79 Å². The molecular weight excluding hydrogens is 424 g/mol. The van der Waals surface area contributed by atoms with E-state index in [0.717, 1.165) is 22.9 Å². The lowest BCUT2D eigenvalue weighted by atomic mass is 10.1. The lowest BCUT2D eigenvalue weighted by Gasteiger charge is -2.06. The normalized spacial score (nSPS) is 11.0. The Labute approximate surface area is 180 Å². The number of nitrogens with one attached hydrogen (secondary N) is 2. The molecule has 0 unspecified atom stereocenters. The maximum absolute atomic E-state index is 12.3. The van der Waals surface area contributed by atoms with Crippen molar-refractivity contribution in [2.75, 3.05) is 11.1 Å². The van der Waals surface area contributed by atoms with Crippen LogP contribution in [0.15, 0.2) is 58.5 Å². The maximum atomic E-state index is 12.3. The van der Waals surface area contributed by atoms with Crippen LogP contribution in [0.3, 0.4) is 0 Å². The second-order valence-electron chi connectivity index (χ2n) is 6.60. The van der Waals surface area contributed by atoms with Crippen molar-refractivity contribution >= 4 is 40.7 Å². The summed E-state index contributed by atoms with van der Waals surface area (Å²) in [5, 5.41) is 16.0. The molecule has 2 heterocycles. The SMILES string of the molecule is Cc1ccc(Cc2nn3c(SCC(=O)Nc4ccccc4Cl)nnc3[nH]c2=O)cc1. The maximum Gasteiger partial charge on any atom is 0.274 e. The van der Waals surface area contributed by atoms with Crippen LogP contribution in [-0.2, 0) is 11.2 Å². The fraction of sp³-hybridized carbons (Fsp3) is 0.150. The van der Waals surface area contributed by atoms with Crippen LogP contribution in [-0.4, -0.2) is 36.5 Å². The lowest BCUT2D eigenvalue weighted by Crippen LogP contribution is -2.19. The molecule has 30 heavy (non-hydrogen) atoms. The number of fused-ring (bicyclic) bond motifs is 1. The predicted molar refractivity (Wildman–Crippen MR) is 116 cm³/mol. The molecule has 0 fully saturated rings. The van der Waals surface area contributed by atoms with Crippen LogP contribution in [0.1, 0.15) is 16.8 Å². The largest absolute Gasteiger partial charge is 0.324 e. The highest BCUT2D eigenvalue weighted by Gasteiger charge is 2.14. The number of anilines is 1. The number of carbonyl (C=O) groups is 1. The molecule has 0 bridgehead atoms. The third-order valence-corrected chi connectivity index (χ3v) is 5.54. The van der Waals surface area contributed by atoms with Crippen LogP contribution in [0.4, 0.5) is 5.69 Å². The molecule has 2 N–H and O–H groups in total. The average molecular weight is 441 g/mol. The first-order valence-electron chi connectivity index (χ1n) is 9.07. The molecule has 152 valence electrons.